The van der Waals surface area contributed by atoms with Crippen molar-refractivity contribution in [2.75, 3.05) is 19.5 Å². The first-order valence-corrected chi connectivity index (χ1v) is 7.62. The molecule has 0 atom stereocenters. The van der Waals surface area contributed by atoms with Crippen molar-refractivity contribution < 1.29 is 9.47 Å². The molecule has 0 bridgehead atoms. The lowest BCUT2D eigenvalue weighted by Crippen LogP contribution is -2.28. The van der Waals surface area contributed by atoms with Crippen LogP contribution in [0.5, 0.6) is 11.5 Å². The van der Waals surface area contributed by atoms with Crippen molar-refractivity contribution in [2.45, 2.75) is 45.6 Å². The largest absolute Gasteiger partial charge is 0.497 e. The van der Waals surface area contributed by atoms with Crippen molar-refractivity contribution in [3.8, 4) is 11.5 Å². The third-order valence-corrected chi connectivity index (χ3v) is 4.48. The molecule has 0 saturated heterocycles. The third kappa shape index (κ3) is 3.59. The van der Waals surface area contributed by atoms with E-state index in [9.17, 15) is 0 Å². The Balaban J connectivity index is 2.00. The average Bonchev–Trinajstić information content (AvgIpc) is 2.47. The summed E-state index contributed by atoms with van der Waals surface area (Å²) in [7, 11) is 3.40. The maximum Gasteiger partial charge on any atom is 0.142 e. The molecule has 1 aliphatic carbocycles. The molecule has 20 heavy (non-hydrogen) atoms. The quantitative estimate of drug-likeness (QED) is 0.869. The van der Waals surface area contributed by atoms with Gasteiger partial charge in [-0.25, -0.2) is 0 Å². The van der Waals surface area contributed by atoms with Crippen molar-refractivity contribution in [3.05, 3.63) is 18.2 Å². The summed E-state index contributed by atoms with van der Waals surface area (Å²) in [6, 6.07) is 6.46. The molecule has 0 radical (unpaired) electrons. The van der Waals surface area contributed by atoms with Crippen LogP contribution < -0.4 is 14.8 Å². The lowest BCUT2D eigenvalue weighted by atomic mass is 9.79. The van der Waals surface area contributed by atoms with Crippen molar-refractivity contribution in [3.63, 3.8) is 0 Å². The van der Waals surface area contributed by atoms with E-state index < -0.39 is 0 Å². The zero-order valence-corrected chi connectivity index (χ0v) is 13.1. The Morgan fingerprint density at radius 2 is 1.75 bits per heavy atom. The Hall–Kier alpha value is -1.38. The highest BCUT2D eigenvalue weighted by atomic mass is 16.5. The zero-order valence-electron chi connectivity index (χ0n) is 13.1. The van der Waals surface area contributed by atoms with Crippen LogP contribution in [-0.4, -0.2) is 20.3 Å². The number of hydrogen-bond acceptors (Lipinski definition) is 3. The molecular weight excluding hydrogens is 250 g/mol. The molecule has 1 fully saturated rings. The Labute approximate surface area is 122 Å². The maximum absolute atomic E-state index is 5.43. The Morgan fingerprint density at radius 3 is 2.30 bits per heavy atom. The molecular formula is C17H27NO2. The lowest BCUT2D eigenvalue weighted by Gasteiger charge is -2.32. The first-order valence-electron chi connectivity index (χ1n) is 7.62. The van der Waals surface area contributed by atoms with Crippen molar-refractivity contribution >= 4 is 5.69 Å². The van der Waals surface area contributed by atoms with Gasteiger partial charge in [-0.2, -0.15) is 0 Å². The highest BCUT2D eigenvalue weighted by molar-refractivity contribution is 5.60. The molecule has 0 spiro atoms. The molecule has 1 aromatic carbocycles. The summed E-state index contributed by atoms with van der Waals surface area (Å²) in [5.41, 5.74) is 1.04. The number of methoxy groups -OCH3 is 2. The minimum atomic E-state index is 0.547. The van der Waals surface area contributed by atoms with E-state index in [4.69, 9.17) is 9.47 Å². The molecule has 112 valence electrons. The minimum absolute atomic E-state index is 0.547. The second kappa shape index (κ2) is 6.87. The fraction of sp³-hybridized carbons (Fsp3) is 0.647. The average molecular weight is 277 g/mol. The van der Waals surface area contributed by atoms with Gasteiger partial charge < -0.3 is 14.8 Å². The van der Waals surface area contributed by atoms with Crippen LogP contribution in [0.1, 0.15) is 39.5 Å². The molecule has 0 unspecified atom stereocenters. The number of hydrogen-bond donors (Lipinski definition) is 1. The van der Waals surface area contributed by atoms with Gasteiger partial charge in [0.25, 0.3) is 0 Å². The van der Waals surface area contributed by atoms with Gasteiger partial charge in [0.2, 0.25) is 0 Å². The molecule has 0 heterocycles. The van der Waals surface area contributed by atoms with Gasteiger partial charge in [0.1, 0.15) is 11.5 Å². The SMILES string of the molecule is COc1ccc(OC)c(NC2CCC(C(C)C)CC2)c1. The van der Waals surface area contributed by atoms with Crippen LogP contribution >= 0.6 is 0 Å². The molecule has 1 aromatic rings. The third-order valence-electron chi connectivity index (χ3n) is 4.48. The van der Waals surface area contributed by atoms with Crippen molar-refractivity contribution in [1.82, 2.24) is 0 Å². The summed E-state index contributed by atoms with van der Waals surface area (Å²) in [4.78, 5) is 0. The lowest BCUT2D eigenvalue weighted by molar-refractivity contribution is 0.266. The fourth-order valence-corrected chi connectivity index (χ4v) is 3.08. The number of rotatable bonds is 5. The summed E-state index contributed by atoms with van der Waals surface area (Å²) in [6.45, 7) is 4.67. The monoisotopic (exact) mass is 277 g/mol. The molecule has 2 rings (SSSR count). The van der Waals surface area contributed by atoms with Gasteiger partial charge in [0, 0.05) is 12.1 Å². The van der Waals surface area contributed by atoms with Crippen molar-refractivity contribution in [1.29, 1.82) is 0 Å². The summed E-state index contributed by atoms with van der Waals surface area (Å²) in [5.74, 6) is 3.45. The molecule has 1 saturated carbocycles. The van der Waals surface area contributed by atoms with Gasteiger partial charge in [-0.3, -0.25) is 0 Å². The highest BCUT2D eigenvalue weighted by Gasteiger charge is 2.23. The van der Waals surface area contributed by atoms with Gasteiger partial charge in [-0.15, -0.1) is 0 Å². The maximum atomic E-state index is 5.43. The van der Waals surface area contributed by atoms with Crippen molar-refractivity contribution in [2.24, 2.45) is 11.8 Å². The number of ether oxygens (including phenoxy) is 2. The molecule has 3 nitrogen and oxygen atoms in total. The number of nitrogens with one attached hydrogen (secondary N) is 1. The number of benzene rings is 1. The van der Waals surface area contributed by atoms with E-state index in [-0.39, 0.29) is 0 Å². The van der Waals surface area contributed by atoms with Crippen LogP contribution in [0.3, 0.4) is 0 Å². The fourth-order valence-electron chi connectivity index (χ4n) is 3.08. The predicted octanol–water partition coefficient (Wildman–Crippen LogP) is 4.33. The van der Waals surface area contributed by atoms with Crippen LogP contribution in [0.2, 0.25) is 0 Å². The smallest absolute Gasteiger partial charge is 0.142 e. The first kappa shape index (κ1) is 15.0. The molecule has 1 aliphatic rings. The van der Waals surface area contributed by atoms with Gasteiger partial charge in [0.15, 0.2) is 0 Å². The van der Waals surface area contributed by atoms with E-state index in [1.54, 1.807) is 14.2 Å². The molecule has 0 amide bonds. The summed E-state index contributed by atoms with van der Waals surface area (Å²) < 4.78 is 10.7. The van der Waals surface area contributed by atoms with E-state index in [2.05, 4.69) is 19.2 Å². The molecule has 1 N–H and O–H groups in total. The Kier molecular flexibility index (Phi) is 5.16. The Bertz CT molecular complexity index is 423. The van der Waals surface area contributed by atoms with Gasteiger partial charge in [0.05, 0.1) is 19.9 Å². The van der Waals surface area contributed by atoms with E-state index in [1.807, 2.05) is 18.2 Å². The van der Waals surface area contributed by atoms with Crippen LogP contribution in [-0.2, 0) is 0 Å². The zero-order chi connectivity index (χ0) is 14.5. The van der Waals surface area contributed by atoms with Crippen LogP contribution in [0, 0.1) is 11.8 Å². The standard InChI is InChI=1S/C17H27NO2/c1-12(2)13-5-7-14(8-6-13)18-16-11-15(19-3)9-10-17(16)20-4/h9-14,18H,5-8H2,1-4H3. The number of anilines is 1. The summed E-state index contributed by atoms with van der Waals surface area (Å²) >= 11 is 0. The van der Waals surface area contributed by atoms with E-state index in [0.717, 1.165) is 29.0 Å². The molecule has 3 heteroatoms. The second-order valence-corrected chi connectivity index (χ2v) is 6.07. The van der Waals surface area contributed by atoms with Gasteiger partial charge >= 0.3 is 0 Å². The van der Waals surface area contributed by atoms with E-state index in [1.165, 1.54) is 25.7 Å². The van der Waals surface area contributed by atoms with Crippen LogP contribution in [0.4, 0.5) is 5.69 Å². The first-order chi connectivity index (χ1) is 9.63. The van der Waals surface area contributed by atoms with Crippen LogP contribution in [0.15, 0.2) is 18.2 Å². The minimum Gasteiger partial charge on any atom is -0.497 e. The van der Waals surface area contributed by atoms with E-state index >= 15 is 0 Å². The summed E-state index contributed by atoms with van der Waals surface area (Å²) in [6.07, 6.45) is 5.12. The van der Waals surface area contributed by atoms with Gasteiger partial charge in [-0.1, -0.05) is 13.8 Å². The topological polar surface area (TPSA) is 30.5 Å². The van der Waals surface area contributed by atoms with Gasteiger partial charge in [-0.05, 0) is 49.7 Å². The van der Waals surface area contributed by atoms with Crippen LogP contribution in [0.25, 0.3) is 0 Å². The highest BCUT2D eigenvalue weighted by Crippen LogP contribution is 2.34. The Morgan fingerprint density at radius 1 is 1.05 bits per heavy atom. The predicted molar refractivity (Wildman–Crippen MR) is 83.8 cm³/mol. The normalized spacial score (nSPS) is 22.6. The molecule has 0 aliphatic heterocycles. The summed E-state index contributed by atoms with van der Waals surface area (Å²) in [5, 5.41) is 3.63. The second-order valence-electron chi connectivity index (χ2n) is 6.07. The molecule has 0 aromatic heterocycles. The van der Waals surface area contributed by atoms with E-state index in [0.29, 0.717) is 6.04 Å².